The molecule has 0 aliphatic carbocycles. The molecule has 0 atom stereocenters. The van der Waals surface area contributed by atoms with E-state index < -0.39 is 15.8 Å². The van der Waals surface area contributed by atoms with E-state index in [0.29, 0.717) is 17.1 Å². The number of anilines is 1. The fourth-order valence-electron chi connectivity index (χ4n) is 2.41. The number of fused-ring (bicyclic) bond motifs is 1. The predicted molar refractivity (Wildman–Crippen MR) is 90.3 cm³/mol. The van der Waals surface area contributed by atoms with Crippen LogP contribution in [-0.2, 0) is 10.0 Å². The van der Waals surface area contributed by atoms with Gasteiger partial charge >= 0.3 is 0 Å². The molecule has 2 aromatic carbocycles. The Morgan fingerprint density at radius 3 is 2.62 bits per heavy atom. The van der Waals surface area contributed by atoms with Crippen molar-refractivity contribution in [1.29, 1.82) is 0 Å². The summed E-state index contributed by atoms with van der Waals surface area (Å²) in [5.41, 5.74) is 0.521. The quantitative estimate of drug-likeness (QED) is 0.723. The zero-order valence-electron chi connectivity index (χ0n) is 12.9. The van der Waals surface area contributed by atoms with Crippen LogP contribution in [-0.4, -0.2) is 20.2 Å². The second kappa shape index (κ2) is 6.19. The topological polar surface area (TPSA) is 90.7 Å². The van der Waals surface area contributed by atoms with Gasteiger partial charge in [-0.05, 0) is 24.3 Å². The molecule has 0 amide bonds. The highest BCUT2D eigenvalue weighted by Gasteiger charge is 2.24. The van der Waals surface area contributed by atoms with Crippen molar-refractivity contribution >= 4 is 27.3 Å². The van der Waals surface area contributed by atoms with Gasteiger partial charge in [0.25, 0.3) is 10.0 Å². The van der Waals surface area contributed by atoms with Crippen LogP contribution in [0.1, 0.15) is 0 Å². The summed E-state index contributed by atoms with van der Waals surface area (Å²) >= 11 is 5.68. The van der Waals surface area contributed by atoms with Crippen molar-refractivity contribution in [2.75, 3.05) is 11.5 Å². The average molecular weight is 397 g/mol. The van der Waals surface area contributed by atoms with Crippen LogP contribution < -0.4 is 14.2 Å². The monoisotopic (exact) mass is 396 g/mol. The van der Waals surface area contributed by atoms with Crippen LogP contribution in [0, 0.1) is 5.82 Å². The number of rotatable bonds is 4. The maximum atomic E-state index is 13.3. The first kappa shape index (κ1) is 16.7. The molecule has 4 rings (SSSR count). The molecule has 7 nitrogen and oxygen atoms in total. The number of benzene rings is 2. The molecule has 0 bridgehead atoms. The van der Waals surface area contributed by atoms with E-state index in [9.17, 15) is 12.8 Å². The Labute approximate surface area is 152 Å². The summed E-state index contributed by atoms with van der Waals surface area (Å²) in [7, 11) is -4.05. The van der Waals surface area contributed by atoms with E-state index in [1.165, 1.54) is 18.5 Å². The van der Waals surface area contributed by atoms with Crippen molar-refractivity contribution in [2.45, 2.75) is 4.90 Å². The van der Waals surface area contributed by atoms with Crippen molar-refractivity contribution < 1.29 is 26.7 Å². The Hall–Kier alpha value is -2.78. The van der Waals surface area contributed by atoms with Gasteiger partial charge < -0.3 is 13.9 Å². The Kier molecular flexibility index (Phi) is 3.97. The zero-order valence-corrected chi connectivity index (χ0v) is 14.5. The molecule has 134 valence electrons. The third-order valence-electron chi connectivity index (χ3n) is 3.62. The molecule has 1 aromatic heterocycles. The smallest absolute Gasteiger partial charge is 0.261 e. The normalized spacial score (nSPS) is 13.0. The molecule has 0 saturated carbocycles. The summed E-state index contributed by atoms with van der Waals surface area (Å²) in [6.45, 7) is 0.0180. The summed E-state index contributed by atoms with van der Waals surface area (Å²) in [6.07, 6.45) is 2.79. The third-order valence-corrected chi connectivity index (χ3v) is 5.27. The number of nitrogens with one attached hydrogen (secondary N) is 1. The largest absolute Gasteiger partial charge is 0.454 e. The fourth-order valence-corrected chi connectivity index (χ4v) is 3.75. The lowest BCUT2D eigenvalue weighted by Gasteiger charge is -2.12. The van der Waals surface area contributed by atoms with Gasteiger partial charge in [-0.1, -0.05) is 11.6 Å². The molecular weight excluding hydrogens is 387 g/mol. The predicted octanol–water partition coefficient (Wildman–Crippen LogP) is 3.66. The third kappa shape index (κ3) is 2.95. The lowest BCUT2D eigenvalue weighted by atomic mass is 10.1. The molecule has 2 heterocycles. The average Bonchev–Trinajstić information content (AvgIpc) is 3.27. The van der Waals surface area contributed by atoms with Crippen molar-refractivity contribution in [3.8, 4) is 23.0 Å². The first-order valence-corrected chi connectivity index (χ1v) is 9.11. The zero-order chi connectivity index (χ0) is 18.3. The Bertz CT molecular complexity index is 1090. The molecular formula is C16H10ClFN2O5S. The number of oxazole rings is 1. The van der Waals surface area contributed by atoms with Crippen LogP contribution in [0.2, 0.25) is 5.02 Å². The molecule has 1 aliphatic heterocycles. The lowest BCUT2D eigenvalue weighted by Crippen LogP contribution is -2.14. The molecule has 1 N–H and O–H groups in total. The lowest BCUT2D eigenvalue weighted by molar-refractivity contribution is 0.174. The van der Waals surface area contributed by atoms with Crippen molar-refractivity contribution in [3.63, 3.8) is 0 Å². The molecule has 3 aromatic rings. The first-order valence-electron chi connectivity index (χ1n) is 7.25. The maximum absolute atomic E-state index is 13.3. The van der Waals surface area contributed by atoms with Gasteiger partial charge in [-0.25, -0.2) is 17.8 Å². The minimum atomic E-state index is -4.05. The van der Waals surface area contributed by atoms with E-state index in [-0.39, 0.29) is 28.3 Å². The standard InChI is InChI=1S/C16H10ClFN2O5S/c17-11-5-9(1-2-12(11)18)26(21,22)20-13-7-15-14(24-8-25-15)6-10(13)16-19-3-4-23-16/h1-7,20H,8H2. The number of ether oxygens (including phenoxy) is 2. The van der Waals surface area contributed by atoms with Crippen LogP contribution in [0.3, 0.4) is 0 Å². The summed E-state index contributed by atoms with van der Waals surface area (Å²) < 4.78 is 56.9. The number of nitrogens with zero attached hydrogens (tertiary/aromatic N) is 1. The second-order valence-corrected chi connectivity index (χ2v) is 7.36. The minimum absolute atomic E-state index is 0.0180. The number of hydrogen-bond acceptors (Lipinski definition) is 6. The molecule has 0 saturated heterocycles. The van der Waals surface area contributed by atoms with Gasteiger partial charge in [0.2, 0.25) is 12.7 Å². The number of halogens is 2. The molecule has 1 aliphatic rings. The van der Waals surface area contributed by atoms with Crippen molar-refractivity contribution in [1.82, 2.24) is 4.98 Å². The summed E-state index contributed by atoms with van der Waals surface area (Å²) in [4.78, 5) is 3.84. The van der Waals surface area contributed by atoms with Crippen LogP contribution in [0.5, 0.6) is 11.5 Å². The summed E-state index contributed by atoms with van der Waals surface area (Å²) in [5.74, 6) is 0.286. The molecule has 10 heteroatoms. The molecule has 0 spiro atoms. The van der Waals surface area contributed by atoms with Gasteiger partial charge in [0.15, 0.2) is 11.5 Å². The van der Waals surface area contributed by atoms with Crippen LogP contribution in [0.4, 0.5) is 10.1 Å². The van der Waals surface area contributed by atoms with E-state index in [2.05, 4.69) is 9.71 Å². The van der Waals surface area contributed by atoms with Crippen LogP contribution in [0.15, 0.2) is 52.1 Å². The maximum Gasteiger partial charge on any atom is 0.261 e. The van der Waals surface area contributed by atoms with Crippen LogP contribution >= 0.6 is 11.6 Å². The molecule has 26 heavy (non-hydrogen) atoms. The van der Waals surface area contributed by atoms with Gasteiger partial charge in [-0.15, -0.1) is 0 Å². The van der Waals surface area contributed by atoms with E-state index in [4.69, 9.17) is 25.5 Å². The van der Waals surface area contributed by atoms with Gasteiger partial charge in [0.1, 0.15) is 12.1 Å². The SMILES string of the molecule is O=S(=O)(Nc1cc2c(cc1-c1ncco1)OCO2)c1ccc(F)c(Cl)c1. The van der Waals surface area contributed by atoms with E-state index in [1.54, 1.807) is 6.07 Å². The minimum Gasteiger partial charge on any atom is -0.454 e. The van der Waals surface area contributed by atoms with E-state index in [1.807, 2.05) is 0 Å². The molecule has 0 radical (unpaired) electrons. The molecule has 0 unspecified atom stereocenters. The van der Waals surface area contributed by atoms with Gasteiger partial charge in [-0.3, -0.25) is 4.72 Å². The van der Waals surface area contributed by atoms with E-state index >= 15 is 0 Å². The number of sulfonamides is 1. The van der Waals surface area contributed by atoms with Gasteiger partial charge in [-0.2, -0.15) is 0 Å². The first-order chi connectivity index (χ1) is 12.4. The highest BCUT2D eigenvalue weighted by atomic mass is 35.5. The van der Waals surface area contributed by atoms with Gasteiger partial charge in [0, 0.05) is 6.07 Å². The van der Waals surface area contributed by atoms with Gasteiger partial charge in [0.05, 0.1) is 27.4 Å². The highest BCUT2D eigenvalue weighted by Crippen LogP contribution is 2.41. The fraction of sp³-hybridized carbons (Fsp3) is 0.0625. The van der Waals surface area contributed by atoms with Crippen molar-refractivity contribution in [2.24, 2.45) is 0 Å². The number of aromatic nitrogens is 1. The Morgan fingerprint density at radius 1 is 1.15 bits per heavy atom. The van der Waals surface area contributed by atoms with E-state index in [0.717, 1.165) is 18.2 Å². The summed E-state index contributed by atoms with van der Waals surface area (Å²) in [5, 5.41) is -0.300. The molecule has 0 fully saturated rings. The Balaban J connectivity index is 1.79. The Morgan fingerprint density at radius 2 is 1.92 bits per heavy atom. The number of hydrogen-bond donors (Lipinski definition) is 1. The van der Waals surface area contributed by atoms with Crippen LogP contribution in [0.25, 0.3) is 11.5 Å². The highest BCUT2D eigenvalue weighted by molar-refractivity contribution is 7.92. The second-order valence-electron chi connectivity index (χ2n) is 5.27. The summed E-state index contributed by atoms with van der Waals surface area (Å²) in [6, 6.07) is 6.14. The van der Waals surface area contributed by atoms with Crippen molar-refractivity contribution in [3.05, 3.63) is 53.6 Å².